The maximum atomic E-state index is 8.79. The van der Waals surface area contributed by atoms with Crippen LogP contribution in [0.1, 0.15) is 62.6 Å². The fraction of sp³-hybridized carbons (Fsp3) is 0.667. The van der Waals surface area contributed by atoms with E-state index in [4.69, 9.17) is 9.84 Å². The highest BCUT2D eigenvalue weighted by Crippen LogP contribution is 2.35. The lowest BCUT2D eigenvalue weighted by atomic mass is 9.87. The van der Waals surface area contributed by atoms with Crippen molar-refractivity contribution in [1.29, 1.82) is 0 Å². The molecule has 2 rings (SSSR count). The fourth-order valence-corrected chi connectivity index (χ4v) is 3.05. The Balaban J connectivity index is 1.96. The van der Waals surface area contributed by atoms with Crippen LogP contribution in [0.3, 0.4) is 0 Å². The van der Waals surface area contributed by atoms with E-state index in [0.717, 1.165) is 44.6 Å². The molecule has 0 radical (unpaired) electrons. The van der Waals surface area contributed by atoms with Crippen LogP contribution in [0.5, 0.6) is 5.75 Å². The molecule has 1 aromatic carbocycles. The summed E-state index contributed by atoms with van der Waals surface area (Å²) < 4.78 is 5.99. The summed E-state index contributed by atoms with van der Waals surface area (Å²) in [4.78, 5) is 0. The third-order valence-electron chi connectivity index (χ3n) is 4.17. The second kappa shape index (κ2) is 9.06. The normalized spacial score (nSPS) is 17.5. The summed E-state index contributed by atoms with van der Waals surface area (Å²) in [5, 5.41) is 12.4. The summed E-state index contributed by atoms with van der Waals surface area (Å²) in [5.74, 6) is 1.07. The van der Waals surface area contributed by atoms with E-state index in [1.165, 1.54) is 30.4 Å². The Labute approximate surface area is 128 Å². The van der Waals surface area contributed by atoms with E-state index in [-0.39, 0.29) is 6.61 Å². The van der Waals surface area contributed by atoms with Gasteiger partial charge in [0.15, 0.2) is 0 Å². The van der Waals surface area contributed by atoms with Gasteiger partial charge in [-0.15, -0.1) is 0 Å². The van der Waals surface area contributed by atoms with Gasteiger partial charge in [-0.05, 0) is 68.7 Å². The van der Waals surface area contributed by atoms with Crippen LogP contribution in [0.2, 0.25) is 0 Å². The first-order chi connectivity index (χ1) is 10.4. The summed E-state index contributed by atoms with van der Waals surface area (Å²) >= 11 is 0. The molecular weight excluding hydrogens is 262 g/mol. The minimum atomic E-state index is 0.283. The van der Waals surface area contributed by atoms with E-state index in [0.29, 0.717) is 6.04 Å². The maximum absolute atomic E-state index is 8.79. The summed E-state index contributed by atoms with van der Waals surface area (Å²) in [7, 11) is 0. The van der Waals surface area contributed by atoms with Crippen LogP contribution in [0.15, 0.2) is 18.2 Å². The lowest BCUT2D eigenvalue weighted by Gasteiger charge is -2.28. The van der Waals surface area contributed by atoms with Crippen molar-refractivity contribution in [2.75, 3.05) is 19.8 Å². The van der Waals surface area contributed by atoms with Gasteiger partial charge >= 0.3 is 0 Å². The van der Waals surface area contributed by atoms with Gasteiger partial charge in [-0.3, -0.25) is 0 Å². The van der Waals surface area contributed by atoms with Crippen molar-refractivity contribution in [3.8, 4) is 5.75 Å². The minimum Gasteiger partial charge on any atom is -0.493 e. The van der Waals surface area contributed by atoms with Crippen molar-refractivity contribution in [2.24, 2.45) is 0 Å². The van der Waals surface area contributed by atoms with E-state index in [9.17, 15) is 0 Å². The molecule has 0 aromatic heterocycles. The van der Waals surface area contributed by atoms with Gasteiger partial charge in [-0.2, -0.15) is 0 Å². The molecule has 1 atom stereocenters. The van der Waals surface area contributed by atoms with Gasteiger partial charge < -0.3 is 15.2 Å². The van der Waals surface area contributed by atoms with E-state index in [1.54, 1.807) is 0 Å². The zero-order chi connectivity index (χ0) is 14.9. The Morgan fingerprint density at radius 2 is 2.19 bits per heavy atom. The predicted molar refractivity (Wildman–Crippen MR) is 86.8 cm³/mol. The number of hydrogen-bond donors (Lipinski definition) is 2. The van der Waals surface area contributed by atoms with Crippen LogP contribution in [-0.4, -0.2) is 24.9 Å². The number of benzene rings is 1. The van der Waals surface area contributed by atoms with Crippen LogP contribution >= 0.6 is 0 Å². The Hall–Kier alpha value is -1.06. The molecule has 0 saturated heterocycles. The van der Waals surface area contributed by atoms with E-state index in [2.05, 4.69) is 30.4 Å². The van der Waals surface area contributed by atoms with E-state index < -0.39 is 0 Å². The summed E-state index contributed by atoms with van der Waals surface area (Å²) in [6.07, 6.45) is 7.69. The van der Waals surface area contributed by atoms with Gasteiger partial charge in [-0.25, -0.2) is 0 Å². The largest absolute Gasteiger partial charge is 0.493 e. The molecule has 0 bridgehead atoms. The number of hydrogen-bond acceptors (Lipinski definition) is 3. The number of aliphatic hydroxyl groups is 1. The molecule has 0 amide bonds. The third kappa shape index (κ3) is 4.72. The Kier molecular flexibility index (Phi) is 7.04. The molecule has 3 nitrogen and oxygen atoms in total. The van der Waals surface area contributed by atoms with Gasteiger partial charge in [0.25, 0.3) is 0 Å². The lowest BCUT2D eigenvalue weighted by molar-refractivity contribution is 0.264. The quantitative estimate of drug-likeness (QED) is 0.683. The standard InChI is InChI=1S/C18H29NO2/c1-2-12-19-17-10-6-9-16-15(17)8-7-11-18(16)21-14-5-3-4-13-20/h7-8,11,17,19-20H,2-6,9-10,12-14H2,1H3. The van der Waals surface area contributed by atoms with Gasteiger partial charge in [0.1, 0.15) is 5.75 Å². The van der Waals surface area contributed by atoms with Gasteiger partial charge in [-0.1, -0.05) is 19.1 Å². The number of nitrogens with one attached hydrogen (secondary N) is 1. The molecule has 1 aromatic rings. The second-order valence-electron chi connectivity index (χ2n) is 5.86. The van der Waals surface area contributed by atoms with Gasteiger partial charge in [0, 0.05) is 12.6 Å². The highest BCUT2D eigenvalue weighted by atomic mass is 16.5. The summed E-state index contributed by atoms with van der Waals surface area (Å²) in [6.45, 7) is 4.33. The summed E-state index contributed by atoms with van der Waals surface area (Å²) in [5.41, 5.74) is 2.84. The molecule has 21 heavy (non-hydrogen) atoms. The minimum absolute atomic E-state index is 0.283. The molecule has 3 heteroatoms. The maximum Gasteiger partial charge on any atom is 0.122 e. The number of unbranched alkanes of at least 4 members (excludes halogenated alkanes) is 2. The number of aliphatic hydroxyl groups excluding tert-OH is 1. The summed E-state index contributed by atoms with van der Waals surface area (Å²) in [6, 6.07) is 6.97. The average molecular weight is 291 g/mol. The SMILES string of the molecule is CCCNC1CCCc2c(OCCCCCO)cccc21. The zero-order valence-electron chi connectivity index (χ0n) is 13.2. The molecule has 0 heterocycles. The molecule has 0 fully saturated rings. The molecular formula is C18H29NO2. The van der Waals surface area contributed by atoms with Crippen LogP contribution in [0, 0.1) is 0 Å². The van der Waals surface area contributed by atoms with Gasteiger partial charge in [0.2, 0.25) is 0 Å². The monoisotopic (exact) mass is 291 g/mol. The van der Waals surface area contributed by atoms with Crippen LogP contribution < -0.4 is 10.1 Å². The molecule has 2 N–H and O–H groups in total. The Morgan fingerprint density at radius 3 is 3.00 bits per heavy atom. The number of fused-ring (bicyclic) bond motifs is 1. The lowest BCUT2D eigenvalue weighted by Crippen LogP contribution is -2.26. The van der Waals surface area contributed by atoms with E-state index in [1.807, 2.05) is 0 Å². The first-order valence-electron chi connectivity index (χ1n) is 8.45. The van der Waals surface area contributed by atoms with Crippen molar-refractivity contribution in [3.05, 3.63) is 29.3 Å². The molecule has 1 aliphatic rings. The molecule has 1 unspecified atom stereocenters. The molecule has 0 spiro atoms. The van der Waals surface area contributed by atoms with Crippen LogP contribution in [0.4, 0.5) is 0 Å². The fourth-order valence-electron chi connectivity index (χ4n) is 3.05. The predicted octanol–water partition coefficient (Wildman–Crippen LogP) is 3.61. The van der Waals surface area contributed by atoms with Crippen molar-refractivity contribution in [3.63, 3.8) is 0 Å². The van der Waals surface area contributed by atoms with Crippen molar-refractivity contribution in [2.45, 2.75) is 57.9 Å². The molecule has 0 saturated carbocycles. The van der Waals surface area contributed by atoms with E-state index >= 15 is 0 Å². The van der Waals surface area contributed by atoms with Crippen molar-refractivity contribution in [1.82, 2.24) is 5.32 Å². The molecule has 1 aliphatic carbocycles. The van der Waals surface area contributed by atoms with Gasteiger partial charge in [0.05, 0.1) is 6.61 Å². The second-order valence-corrected chi connectivity index (χ2v) is 5.86. The highest BCUT2D eigenvalue weighted by Gasteiger charge is 2.22. The first-order valence-corrected chi connectivity index (χ1v) is 8.45. The Morgan fingerprint density at radius 1 is 1.29 bits per heavy atom. The highest BCUT2D eigenvalue weighted by molar-refractivity contribution is 5.43. The third-order valence-corrected chi connectivity index (χ3v) is 4.17. The van der Waals surface area contributed by atoms with Crippen LogP contribution in [0.25, 0.3) is 0 Å². The number of ether oxygens (including phenoxy) is 1. The zero-order valence-corrected chi connectivity index (χ0v) is 13.2. The molecule has 118 valence electrons. The number of rotatable bonds is 9. The van der Waals surface area contributed by atoms with Crippen molar-refractivity contribution < 1.29 is 9.84 Å². The Bertz CT molecular complexity index is 420. The smallest absolute Gasteiger partial charge is 0.122 e. The average Bonchev–Trinajstić information content (AvgIpc) is 2.53. The first kappa shape index (κ1) is 16.3. The molecule has 0 aliphatic heterocycles. The van der Waals surface area contributed by atoms with Crippen LogP contribution in [-0.2, 0) is 6.42 Å². The van der Waals surface area contributed by atoms with Crippen molar-refractivity contribution >= 4 is 0 Å². The topological polar surface area (TPSA) is 41.5 Å².